The fraction of sp³-hybridized carbons (Fsp3) is 0.273. The molecule has 1 atom stereocenters. The topological polar surface area (TPSA) is 63.6 Å². The minimum Gasteiger partial charge on any atom is -0.353 e. The van der Waals surface area contributed by atoms with Gasteiger partial charge in [0.2, 0.25) is 5.95 Å². The highest BCUT2D eigenvalue weighted by Crippen LogP contribution is 2.14. The summed E-state index contributed by atoms with van der Waals surface area (Å²) in [6.45, 7) is 2.53. The summed E-state index contributed by atoms with van der Waals surface area (Å²) in [6, 6.07) is 1.81. The van der Waals surface area contributed by atoms with E-state index >= 15 is 0 Å². The molecule has 0 aliphatic carbocycles. The summed E-state index contributed by atoms with van der Waals surface area (Å²) in [4.78, 5) is 16.4. The first-order chi connectivity index (χ1) is 8.25. The van der Waals surface area contributed by atoms with E-state index in [1.54, 1.807) is 18.6 Å². The Morgan fingerprint density at radius 1 is 1.35 bits per heavy atom. The Hall–Kier alpha value is -1.75. The van der Waals surface area contributed by atoms with Crippen LogP contribution in [0.25, 0.3) is 11.3 Å². The maximum atomic E-state index is 5.85. The zero-order valence-corrected chi connectivity index (χ0v) is 10.1. The Kier molecular flexibility index (Phi) is 3.82. The van der Waals surface area contributed by atoms with Crippen molar-refractivity contribution < 1.29 is 0 Å². The summed E-state index contributed by atoms with van der Waals surface area (Å²) in [5.41, 5.74) is 1.64. The molecule has 0 aliphatic heterocycles. The number of anilines is 1. The summed E-state index contributed by atoms with van der Waals surface area (Å²) in [5, 5.41) is 3.09. The van der Waals surface area contributed by atoms with Gasteiger partial charge in [0.25, 0.3) is 0 Å². The molecule has 1 unspecified atom stereocenters. The molecule has 88 valence electrons. The lowest BCUT2D eigenvalue weighted by atomic mass is 10.2. The summed E-state index contributed by atoms with van der Waals surface area (Å²) in [7, 11) is 0. The molecule has 2 rings (SSSR count). The van der Waals surface area contributed by atoms with E-state index in [0.29, 0.717) is 12.5 Å². The van der Waals surface area contributed by atoms with Crippen molar-refractivity contribution in [1.29, 1.82) is 0 Å². The van der Waals surface area contributed by atoms with Gasteiger partial charge < -0.3 is 5.32 Å². The average molecular weight is 250 g/mol. The molecule has 0 amide bonds. The summed E-state index contributed by atoms with van der Waals surface area (Å²) in [6.07, 6.45) is 6.60. The van der Waals surface area contributed by atoms with Crippen molar-refractivity contribution in [3.8, 4) is 11.3 Å². The molecule has 2 heterocycles. The van der Waals surface area contributed by atoms with Crippen molar-refractivity contribution in [3.63, 3.8) is 0 Å². The lowest BCUT2D eigenvalue weighted by molar-refractivity contribution is 0.960. The first kappa shape index (κ1) is 11.7. The second kappa shape index (κ2) is 5.54. The molecule has 0 aliphatic rings. The molecule has 0 saturated heterocycles. The number of nitrogens with zero attached hydrogens (tertiary/aromatic N) is 4. The number of alkyl halides is 1. The van der Waals surface area contributed by atoms with Gasteiger partial charge in [0.15, 0.2) is 0 Å². The molecule has 0 bridgehead atoms. The zero-order valence-electron chi connectivity index (χ0n) is 9.34. The van der Waals surface area contributed by atoms with Gasteiger partial charge in [-0.2, -0.15) is 0 Å². The smallest absolute Gasteiger partial charge is 0.223 e. The van der Waals surface area contributed by atoms with Gasteiger partial charge in [-0.15, -0.1) is 11.6 Å². The second-order valence-electron chi connectivity index (χ2n) is 3.55. The molecule has 17 heavy (non-hydrogen) atoms. The molecule has 2 aromatic heterocycles. The van der Waals surface area contributed by atoms with Gasteiger partial charge in [-0.25, -0.2) is 19.9 Å². The predicted octanol–water partition coefficient (Wildman–Crippen LogP) is 1.97. The fourth-order valence-electron chi connectivity index (χ4n) is 1.27. The number of nitrogens with one attached hydrogen (secondary N) is 1. The molecule has 0 spiro atoms. The monoisotopic (exact) mass is 249 g/mol. The maximum Gasteiger partial charge on any atom is 0.223 e. The number of rotatable bonds is 4. The van der Waals surface area contributed by atoms with Crippen LogP contribution in [0.15, 0.2) is 31.0 Å². The standard InChI is InChI=1S/C11H12ClN5/c1-8(12)4-16-11-15-3-2-10(17-11)9-5-13-7-14-6-9/h2-3,5-8H,4H2,1H3,(H,15,16,17). The Morgan fingerprint density at radius 2 is 2.12 bits per heavy atom. The van der Waals surface area contributed by atoms with Crippen molar-refractivity contribution >= 4 is 17.5 Å². The number of hydrogen-bond acceptors (Lipinski definition) is 5. The van der Waals surface area contributed by atoms with E-state index in [2.05, 4.69) is 25.3 Å². The van der Waals surface area contributed by atoms with Crippen molar-refractivity contribution in [2.45, 2.75) is 12.3 Å². The third kappa shape index (κ3) is 3.35. The van der Waals surface area contributed by atoms with Gasteiger partial charge in [-0.1, -0.05) is 0 Å². The molecular formula is C11H12ClN5. The van der Waals surface area contributed by atoms with Gasteiger partial charge >= 0.3 is 0 Å². The van der Waals surface area contributed by atoms with Crippen LogP contribution in [-0.2, 0) is 0 Å². The van der Waals surface area contributed by atoms with Gasteiger partial charge in [0, 0.05) is 36.1 Å². The first-order valence-electron chi connectivity index (χ1n) is 5.22. The van der Waals surface area contributed by atoms with Crippen LogP contribution in [0.1, 0.15) is 6.92 Å². The second-order valence-corrected chi connectivity index (χ2v) is 4.30. The molecule has 0 saturated carbocycles. The number of hydrogen-bond donors (Lipinski definition) is 1. The first-order valence-corrected chi connectivity index (χ1v) is 5.65. The lowest BCUT2D eigenvalue weighted by Crippen LogP contribution is -2.12. The van der Waals surface area contributed by atoms with E-state index in [1.165, 1.54) is 6.33 Å². The van der Waals surface area contributed by atoms with Crippen LogP contribution in [-0.4, -0.2) is 31.9 Å². The molecule has 6 heteroatoms. The SMILES string of the molecule is CC(Cl)CNc1nccc(-c2cncnc2)n1. The molecule has 5 nitrogen and oxygen atoms in total. The van der Waals surface area contributed by atoms with Crippen molar-refractivity contribution in [2.75, 3.05) is 11.9 Å². The highest BCUT2D eigenvalue weighted by molar-refractivity contribution is 6.20. The Bertz CT molecular complexity index is 474. The molecule has 0 radical (unpaired) electrons. The maximum absolute atomic E-state index is 5.85. The summed E-state index contributed by atoms with van der Waals surface area (Å²) in [5.74, 6) is 0.554. The van der Waals surface area contributed by atoms with Crippen LogP contribution < -0.4 is 5.32 Å². The van der Waals surface area contributed by atoms with E-state index < -0.39 is 0 Å². The van der Waals surface area contributed by atoms with Crippen LogP contribution in [0, 0.1) is 0 Å². The minimum absolute atomic E-state index is 0.0299. The normalized spacial score (nSPS) is 12.1. The van der Waals surface area contributed by atoms with E-state index in [9.17, 15) is 0 Å². The predicted molar refractivity (Wildman–Crippen MR) is 66.9 cm³/mol. The van der Waals surface area contributed by atoms with E-state index in [1.807, 2.05) is 13.0 Å². The zero-order chi connectivity index (χ0) is 12.1. The summed E-state index contributed by atoms with van der Waals surface area (Å²) < 4.78 is 0. The van der Waals surface area contributed by atoms with Gasteiger partial charge in [0.1, 0.15) is 6.33 Å². The largest absolute Gasteiger partial charge is 0.353 e. The van der Waals surface area contributed by atoms with Crippen LogP contribution in [0.5, 0.6) is 0 Å². The van der Waals surface area contributed by atoms with E-state index in [0.717, 1.165) is 11.3 Å². The van der Waals surface area contributed by atoms with Crippen LogP contribution in [0.2, 0.25) is 0 Å². The average Bonchev–Trinajstić information content (AvgIpc) is 2.38. The molecular weight excluding hydrogens is 238 g/mol. The van der Waals surface area contributed by atoms with Gasteiger partial charge in [-0.3, -0.25) is 0 Å². The van der Waals surface area contributed by atoms with Gasteiger partial charge in [0.05, 0.1) is 5.69 Å². The van der Waals surface area contributed by atoms with Crippen molar-refractivity contribution in [3.05, 3.63) is 31.0 Å². The Balaban J connectivity index is 2.17. The Morgan fingerprint density at radius 3 is 2.82 bits per heavy atom. The van der Waals surface area contributed by atoms with Gasteiger partial charge in [-0.05, 0) is 13.0 Å². The quantitative estimate of drug-likeness (QED) is 0.840. The van der Waals surface area contributed by atoms with Crippen molar-refractivity contribution in [2.24, 2.45) is 0 Å². The third-order valence-corrected chi connectivity index (χ3v) is 2.21. The number of aromatic nitrogens is 4. The molecule has 2 aromatic rings. The molecule has 0 fully saturated rings. The fourth-order valence-corrected chi connectivity index (χ4v) is 1.35. The van der Waals surface area contributed by atoms with Crippen LogP contribution >= 0.6 is 11.6 Å². The minimum atomic E-state index is 0.0299. The van der Waals surface area contributed by atoms with Crippen LogP contribution in [0.4, 0.5) is 5.95 Å². The summed E-state index contributed by atoms with van der Waals surface area (Å²) >= 11 is 5.85. The van der Waals surface area contributed by atoms with Crippen molar-refractivity contribution in [1.82, 2.24) is 19.9 Å². The lowest BCUT2D eigenvalue weighted by Gasteiger charge is -2.07. The number of halogens is 1. The molecule has 0 aromatic carbocycles. The third-order valence-electron chi connectivity index (χ3n) is 2.05. The highest BCUT2D eigenvalue weighted by atomic mass is 35.5. The molecule has 1 N–H and O–H groups in total. The van der Waals surface area contributed by atoms with E-state index in [-0.39, 0.29) is 5.38 Å². The van der Waals surface area contributed by atoms with E-state index in [4.69, 9.17) is 11.6 Å². The van der Waals surface area contributed by atoms with Crippen LogP contribution in [0.3, 0.4) is 0 Å². The highest BCUT2D eigenvalue weighted by Gasteiger charge is 2.03. The Labute approximate surface area is 104 Å².